The van der Waals surface area contributed by atoms with E-state index in [2.05, 4.69) is 10.3 Å². The van der Waals surface area contributed by atoms with Crippen LogP contribution in [0.1, 0.15) is 39.8 Å². The predicted octanol–water partition coefficient (Wildman–Crippen LogP) is 2.64. The number of thiazole rings is 1. The van der Waals surface area contributed by atoms with Crippen LogP contribution in [0.4, 0.5) is 0 Å². The molecule has 22 heavy (non-hydrogen) atoms. The van der Waals surface area contributed by atoms with Crippen LogP contribution in [0.2, 0.25) is 0 Å². The van der Waals surface area contributed by atoms with Crippen LogP contribution in [-0.2, 0) is 11.2 Å². The lowest BCUT2D eigenvalue weighted by Crippen LogP contribution is -2.49. The molecule has 2 aromatic rings. The number of carbonyl (C=O) groups is 2. The molecule has 6 heteroatoms. The number of aryl methyl sites for hydroxylation is 1. The van der Waals surface area contributed by atoms with Crippen LogP contribution in [0.15, 0.2) is 30.3 Å². The van der Waals surface area contributed by atoms with Crippen LogP contribution in [0.5, 0.6) is 0 Å². The average molecular weight is 318 g/mol. The average Bonchev–Trinajstić information content (AvgIpc) is 2.80. The molecule has 1 heterocycles. The van der Waals surface area contributed by atoms with Gasteiger partial charge in [0.25, 0.3) is 5.91 Å². The molecule has 1 amide bonds. The molecule has 0 spiro atoms. The summed E-state index contributed by atoms with van der Waals surface area (Å²) in [5, 5.41) is 12.4. The topological polar surface area (TPSA) is 79.3 Å². The van der Waals surface area contributed by atoms with Crippen molar-refractivity contribution in [3.63, 3.8) is 0 Å². The Morgan fingerprint density at radius 3 is 2.50 bits per heavy atom. The van der Waals surface area contributed by atoms with Crippen molar-refractivity contribution in [2.75, 3.05) is 0 Å². The van der Waals surface area contributed by atoms with Crippen molar-refractivity contribution < 1.29 is 14.7 Å². The molecule has 1 aromatic carbocycles. The van der Waals surface area contributed by atoms with Gasteiger partial charge in [0, 0.05) is 6.42 Å². The van der Waals surface area contributed by atoms with Crippen molar-refractivity contribution in [2.45, 2.75) is 32.7 Å². The Hall–Kier alpha value is -2.21. The van der Waals surface area contributed by atoms with Gasteiger partial charge in [-0.1, -0.05) is 30.3 Å². The number of nitrogens with one attached hydrogen (secondary N) is 1. The molecule has 0 fully saturated rings. The Morgan fingerprint density at radius 2 is 1.91 bits per heavy atom. The van der Waals surface area contributed by atoms with Crippen molar-refractivity contribution >= 4 is 23.2 Å². The maximum atomic E-state index is 12.2. The summed E-state index contributed by atoms with van der Waals surface area (Å²) < 4.78 is 0. The molecule has 1 aromatic heterocycles. The fourth-order valence-corrected chi connectivity index (χ4v) is 2.90. The van der Waals surface area contributed by atoms with Gasteiger partial charge < -0.3 is 10.4 Å². The van der Waals surface area contributed by atoms with Gasteiger partial charge in [-0.25, -0.2) is 9.78 Å². The second-order valence-corrected chi connectivity index (χ2v) is 6.65. The molecule has 0 aliphatic rings. The molecule has 0 atom stereocenters. The second-order valence-electron chi connectivity index (χ2n) is 5.57. The number of aliphatic carboxylic acids is 1. The van der Waals surface area contributed by atoms with Gasteiger partial charge >= 0.3 is 5.97 Å². The number of rotatable bonds is 5. The smallest absolute Gasteiger partial charge is 0.328 e. The first-order valence-corrected chi connectivity index (χ1v) is 7.67. The number of aromatic nitrogens is 1. The molecule has 0 aliphatic heterocycles. The van der Waals surface area contributed by atoms with Crippen LogP contribution < -0.4 is 5.32 Å². The van der Waals surface area contributed by atoms with Crippen LogP contribution in [0, 0.1) is 6.92 Å². The number of carboxylic acid groups (broad SMARTS) is 1. The largest absolute Gasteiger partial charge is 0.480 e. The summed E-state index contributed by atoms with van der Waals surface area (Å²) in [7, 11) is 0. The molecule has 0 saturated heterocycles. The van der Waals surface area contributed by atoms with Crippen molar-refractivity contribution in [1.82, 2.24) is 10.3 Å². The fraction of sp³-hybridized carbons (Fsp3) is 0.312. The normalized spacial score (nSPS) is 11.2. The zero-order valence-electron chi connectivity index (χ0n) is 12.7. The Kier molecular flexibility index (Phi) is 4.61. The highest BCUT2D eigenvalue weighted by molar-refractivity contribution is 7.13. The first-order valence-electron chi connectivity index (χ1n) is 6.86. The summed E-state index contributed by atoms with van der Waals surface area (Å²) in [5.74, 6) is -1.48. The van der Waals surface area contributed by atoms with Gasteiger partial charge in [-0.3, -0.25) is 4.79 Å². The molecule has 0 saturated carbocycles. The minimum atomic E-state index is -1.31. The number of nitrogens with zero attached hydrogens (tertiary/aromatic N) is 1. The highest BCUT2D eigenvalue weighted by Gasteiger charge is 2.30. The third-order valence-corrected chi connectivity index (χ3v) is 4.36. The third-order valence-electron chi connectivity index (χ3n) is 3.21. The Morgan fingerprint density at radius 1 is 1.27 bits per heavy atom. The van der Waals surface area contributed by atoms with E-state index >= 15 is 0 Å². The molecule has 2 N–H and O–H groups in total. The lowest BCUT2D eigenvalue weighted by molar-refractivity contribution is -0.143. The van der Waals surface area contributed by atoms with Crippen molar-refractivity contribution in [2.24, 2.45) is 0 Å². The minimum Gasteiger partial charge on any atom is -0.480 e. The summed E-state index contributed by atoms with van der Waals surface area (Å²) in [6.45, 7) is 4.66. The third kappa shape index (κ3) is 3.71. The molecule has 2 rings (SSSR count). The molecule has 0 bridgehead atoms. The Balaban J connectivity index is 2.16. The number of hydrogen-bond acceptors (Lipinski definition) is 4. The van der Waals surface area contributed by atoms with E-state index in [4.69, 9.17) is 5.11 Å². The van der Waals surface area contributed by atoms with Gasteiger partial charge in [0.15, 0.2) is 0 Å². The zero-order valence-corrected chi connectivity index (χ0v) is 13.5. The Bertz CT molecular complexity index is 693. The first-order chi connectivity index (χ1) is 10.3. The minimum absolute atomic E-state index is 0.401. The molecular weight excluding hydrogens is 300 g/mol. The summed E-state index contributed by atoms with van der Waals surface area (Å²) in [5.41, 5.74) is 0.427. The van der Waals surface area contributed by atoms with Crippen LogP contribution in [0.3, 0.4) is 0 Å². The lowest BCUT2D eigenvalue weighted by atomic mass is 10.1. The number of amides is 1. The van der Waals surface area contributed by atoms with Gasteiger partial charge in [0.1, 0.15) is 10.4 Å². The predicted molar refractivity (Wildman–Crippen MR) is 85.3 cm³/mol. The molecule has 116 valence electrons. The van der Waals surface area contributed by atoms with Crippen molar-refractivity contribution in [3.05, 3.63) is 51.5 Å². The van der Waals surface area contributed by atoms with E-state index in [0.29, 0.717) is 17.0 Å². The highest BCUT2D eigenvalue weighted by Crippen LogP contribution is 2.21. The lowest BCUT2D eigenvalue weighted by Gasteiger charge is -2.20. The number of hydrogen-bond donors (Lipinski definition) is 2. The monoisotopic (exact) mass is 318 g/mol. The fourth-order valence-electron chi connectivity index (χ4n) is 1.90. The van der Waals surface area contributed by atoms with E-state index in [0.717, 1.165) is 10.6 Å². The summed E-state index contributed by atoms with van der Waals surface area (Å²) in [4.78, 5) is 28.2. The quantitative estimate of drug-likeness (QED) is 0.888. The molecular formula is C16H18N2O3S. The van der Waals surface area contributed by atoms with Crippen molar-refractivity contribution in [3.8, 4) is 0 Å². The molecule has 0 radical (unpaired) electrons. The summed E-state index contributed by atoms with van der Waals surface area (Å²) in [6.07, 6.45) is 0.655. The summed E-state index contributed by atoms with van der Waals surface area (Å²) >= 11 is 1.30. The van der Waals surface area contributed by atoms with Gasteiger partial charge in [-0.15, -0.1) is 11.3 Å². The SMILES string of the molecule is Cc1nc(Cc2ccccc2)sc1C(=O)NC(C)(C)C(=O)O. The number of carbonyl (C=O) groups excluding carboxylic acids is 1. The van der Waals surface area contributed by atoms with Gasteiger partial charge in [0.2, 0.25) is 0 Å². The van der Waals surface area contributed by atoms with Crippen LogP contribution in [-0.4, -0.2) is 27.5 Å². The van der Waals surface area contributed by atoms with Crippen molar-refractivity contribution in [1.29, 1.82) is 0 Å². The Labute approximate surface area is 133 Å². The van der Waals surface area contributed by atoms with E-state index in [9.17, 15) is 9.59 Å². The van der Waals surface area contributed by atoms with Gasteiger partial charge in [0.05, 0.1) is 10.7 Å². The summed E-state index contributed by atoms with van der Waals surface area (Å²) in [6, 6.07) is 9.87. The standard InChI is InChI=1S/C16H18N2O3S/c1-10-13(14(19)18-16(2,3)15(20)21)22-12(17-10)9-11-7-5-4-6-8-11/h4-8H,9H2,1-3H3,(H,18,19)(H,20,21). The highest BCUT2D eigenvalue weighted by atomic mass is 32.1. The maximum Gasteiger partial charge on any atom is 0.328 e. The maximum absolute atomic E-state index is 12.2. The van der Waals surface area contributed by atoms with Crippen LogP contribution in [0.25, 0.3) is 0 Å². The van der Waals surface area contributed by atoms with E-state index in [1.54, 1.807) is 6.92 Å². The molecule has 0 aliphatic carbocycles. The number of benzene rings is 1. The number of carboxylic acids is 1. The van der Waals surface area contributed by atoms with E-state index in [1.807, 2.05) is 30.3 Å². The van der Waals surface area contributed by atoms with Gasteiger partial charge in [-0.05, 0) is 26.3 Å². The second kappa shape index (κ2) is 6.27. The molecule has 0 unspecified atom stereocenters. The first kappa shape index (κ1) is 16.2. The van der Waals surface area contributed by atoms with Crippen LogP contribution >= 0.6 is 11.3 Å². The molecule has 5 nitrogen and oxygen atoms in total. The van der Waals surface area contributed by atoms with E-state index in [1.165, 1.54) is 25.2 Å². The van der Waals surface area contributed by atoms with Gasteiger partial charge in [-0.2, -0.15) is 0 Å². The zero-order chi connectivity index (χ0) is 16.3. The van der Waals surface area contributed by atoms with E-state index in [-0.39, 0.29) is 0 Å². The van der Waals surface area contributed by atoms with E-state index < -0.39 is 17.4 Å².